The Balaban J connectivity index is 1.97. The fourth-order valence-electron chi connectivity index (χ4n) is 2.79. The van der Waals surface area contributed by atoms with Crippen molar-refractivity contribution in [2.45, 2.75) is 25.3 Å². The summed E-state index contributed by atoms with van der Waals surface area (Å²) >= 11 is 0. The van der Waals surface area contributed by atoms with E-state index in [9.17, 15) is 8.42 Å². The Morgan fingerprint density at radius 3 is 2.77 bits per heavy atom. The van der Waals surface area contributed by atoms with E-state index in [1.807, 2.05) is 12.1 Å². The number of pyridine rings is 1. The highest BCUT2D eigenvalue weighted by atomic mass is 32.2. The summed E-state index contributed by atoms with van der Waals surface area (Å²) in [6.45, 7) is 0.544. The van der Waals surface area contributed by atoms with Crippen LogP contribution in [0.25, 0.3) is 11.3 Å². The standard InChI is InChI=1S/C15H18N4O2S/c1-22(20,21)19-8-3-2-6-15(19)14-11-17-10-13(18-14)12-5-4-7-16-9-12/h4-5,7,9-11,15H,2-3,6,8H2,1H3. The van der Waals surface area contributed by atoms with Crippen LogP contribution in [0, 0.1) is 0 Å². The van der Waals surface area contributed by atoms with Crippen LogP contribution in [0.1, 0.15) is 31.0 Å². The summed E-state index contributed by atoms with van der Waals surface area (Å²) in [4.78, 5) is 12.9. The van der Waals surface area contributed by atoms with E-state index >= 15 is 0 Å². The Hall–Kier alpha value is -1.86. The molecule has 22 heavy (non-hydrogen) atoms. The molecule has 3 rings (SSSR count). The second-order valence-electron chi connectivity index (χ2n) is 5.46. The third-order valence-electron chi connectivity index (χ3n) is 3.83. The first-order valence-electron chi connectivity index (χ1n) is 7.25. The van der Waals surface area contributed by atoms with E-state index in [1.54, 1.807) is 24.8 Å². The Labute approximate surface area is 130 Å². The molecule has 1 fully saturated rings. The average Bonchev–Trinajstić information content (AvgIpc) is 2.55. The number of sulfonamides is 1. The molecule has 1 aliphatic rings. The van der Waals surface area contributed by atoms with Gasteiger partial charge in [0, 0.05) is 24.5 Å². The zero-order chi connectivity index (χ0) is 15.6. The quantitative estimate of drug-likeness (QED) is 0.865. The molecule has 6 nitrogen and oxygen atoms in total. The molecule has 0 amide bonds. The summed E-state index contributed by atoms with van der Waals surface area (Å²) in [5.74, 6) is 0. The van der Waals surface area contributed by atoms with Crippen molar-refractivity contribution >= 4 is 10.0 Å². The minimum Gasteiger partial charge on any atom is -0.264 e. The summed E-state index contributed by atoms with van der Waals surface area (Å²) < 4.78 is 25.5. The molecule has 1 aliphatic heterocycles. The van der Waals surface area contributed by atoms with Crippen molar-refractivity contribution in [2.75, 3.05) is 12.8 Å². The van der Waals surface area contributed by atoms with Gasteiger partial charge in [-0.15, -0.1) is 0 Å². The molecule has 0 saturated carbocycles. The van der Waals surface area contributed by atoms with Crippen LogP contribution >= 0.6 is 0 Å². The van der Waals surface area contributed by atoms with Crippen molar-refractivity contribution in [3.8, 4) is 11.3 Å². The fourth-order valence-corrected chi connectivity index (χ4v) is 3.93. The summed E-state index contributed by atoms with van der Waals surface area (Å²) in [6, 6.07) is 3.52. The second kappa shape index (κ2) is 6.10. The maximum Gasteiger partial charge on any atom is 0.211 e. The predicted molar refractivity (Wildman–Crippen MR) is 83.4 cm³/mol. The zero-order valence-electron chi connectivity index (χ0n) is 12.4. The summed E-state index contributed by atoms with van der Waals surface area (Å²) in [5, 5.41) is 0. The topological polar surface area (TPSA) is 76.1 Å². The van der Waals surface area contributed by atoms with Gasteiger partial charge in [0.15, 0.2) is 0 Å². The van der Waals surface area contributed by atoms with Crippen LogP contribution in [-0.2, 0) is 10.0 Å². The van der Waals surface area contributed by atoms with Gasteiger partial charge >= 0.3 is 0 Å². The minimum atomic E-state index is -3.25. The monoisotopic (exact) mass is 318 g/mol. The van der Waals surface area contributed by atoms with E-state index in [4.69, 9.17) is 0 Å². The Morgan fingerprint density at radius 2 is 2.05 bits per heavy atom. The molecule has 116 valence electrons. The van der Waals surface area contributed by atoms with E-state index < -0.39 is 10.0 Å². The van der Waals surface area contributed by atoms with Crippen molar-refractivity contribution in [2.24, 2.45) is 0 Å². The van der Waals surface area contributed by atoms with Crippen molar-refractivity contribution in [3.63, 3.8) is 0 Å². The van der Waals surface area contributed by atoms with Gasteiger partial charge in [-0.1, -0.05) is 6.42 Å². The largest absolute Gasteiger partial charge is 0.264 e. The number of aromatic nitrogens is 3. The lowest BCUT2D eigenvalue weighted by molar-refractivity contribution is 0.253. The second-order valence-corrected chi connectivity index (χ2v) is 7.39. The van der Waals surface area contributed by atoms with E-state index in [0.717, 1.165) is 24.8 Å². The smallest absolute Gasteiger partial charge is 0.211 e. The predicted octanol–water partition coefficient (Wildman–Crippen LogP) is 2.03. The molecule has 0 spiro atoms. The Bertz CT molecular complexity index is 749. The Morgan fingerprint density at radius 1 is 1.18 bits per heavy atom. The minimum absolute atomic E-state index is 0.229. The normalized spacial score (nSPS) is 20.0. The molecule has 0 radical (unpaired) electrons. The van der Waals surface area contributed by atoms with Crippen LogP contribution in [0.2, 0.25) is 0 Å². The molecule has 0 aliphatic carbocycles. The molecule has 1 unspecified atom stereocenters. The fraction of sp³-hybridized carbons (Fsp3) is 0.400. The number of piperidine rings is 1. The summed E-state index contributed by atoms with van der Waals surface area (Å²) in [7, 11) is -3.25. The number of hydrogen-bond acceptors (Lipinski definition) is 5. The number of nitrogens with zero attached hydrogens (tertiary/aromatic N) is 4. The third kappa shape index (κ3) is 3.15. The molecule has 2 aromatic rings. The van der Waals surface area contributed by atoms with Crippen molar-refractivity contribution in [1.82, 2.24) is 19.3 Å². The molecule has 0 aromatic carbocycles. The number of rotatable bonds is 3. The highest BCUT2D eigenvalue weighted by Gasteiger charge is 2.31. The molecule has 0 bridgehead atoms. The SMILES string of the molecule is CS(=O)(=O)N1CCCCC1c1cncc(-c2cccnc2)n1. The third-order valence-corrected chi connectivity index (χ3v) is 5.12. The lowest BCUT2D eigenvalue weighted by atomic mass is 10.0. The maximum atomic E-state index is 12.0. The summed E-state index contributed by atoms with van der Waals surface area (Å²) in [5.41, 5.74) is 2.29. The van der Waals surface area contributed by atoms with Gasteiger partial charge in [-0.2, -0.15) is 4.31 Å². The van der Waals surface area contributed by atoms with Crippen LogP contribution < -0.4 is 0 Å². The van der Waals surface area contributed by atoms with Crippen LogP contribution in [0.3, 0.4) is 0 Å². The lowest BCUT2D eigenvalue weighted by Crippen LogP contribution is -2.38. The lowest BCUT2D eigenvalue weighted by Gasteiger charge is -2.33. The van der Waals surface area contributed by atoms with Crippen molar-refractivity contribution in [1.29, 1.82) is 0 Å². The van der Waals surface area contributed by atoms with Gasteiger partial charge in [0.1, 0.15) is 0 Å². The van der Waals surface area contributed by atoms with Crippen LogP contribution in [-0.4, -0.2) is 40.5 Å². The van der Waals surface area contributed by atoms with E-state index in [0.29, 0.717) is 17.9 Å². The highest BCUT2D eigenvalue weighted by Crippen LogP contribution is 2.32. The van der Waals surface area contributed by atoms with Crippen molar-refractivity contribution < 1.29 is 8.42 Å². The Kier molecular flexibility index (Phi) is 4.17. The highest BCUT2D eigenvalue weighted by molar-refractivity contribution is 7.88. The van der Waals surface area contributed by atoms with E-state index in [2.05, 4.69) is 15.0 Å². The molecule has 3 heterocycles. The molecule has 2 aromatic heterocycles. The van der Waals surface area contributed by atoms with Gasteiger partial charge < -0.3 is 0 Å². The molecule has 1 saturated heterocycles. The first-order valence-corrected chi connectivity index (χ1v) is 9.10. The summed E-state index contributed by atoms with van der Waals surface area (Å²) in [6.07, 6.45) is 10.7. The molecule has 1 atom stereocenters. The first-order chi connectivity index (χ1) is 10.6. The van der Waals surface area contributed by atoms with E-state index in [-0.39, 0.29) is 6.04 Å². The molecule has 7 heteroatoms. The maximum absolute atomic E-state index is 12.0. The first kappa shape index (κ1) is 15.1. The van der Waals surface area contributed by atoms with Crippen LogP contribution in [0.5, 0.6) is 0 Å². The van der Waals surface area contributed by atoms with Gasteiger partial charge in [0.2, 0.25) is 10.0 Å². The van der Waals surface area contributed by atoms with Gasteiger partial charge in [-0.05, 0) is 25.0 Å². The van der Waals surface area contributed by atoms with Gasteiger partial charge in [-0.3, -0.25) is 9.97 Å². The van der Waals surface area contributed by atoms with Crippen LogP contribution in [0.4, 0.5) is 0 Å². The van der Waals surface area contributed by atoms with Crippen LogP contribution in [0.15, 0.2) is 36.9 Å². The number of hydrogen-bond donors (Lipinski definition) is 0. The molecular formula is C15H18N4O2S. The van der Waals surface area contributed by atoms with Crippen molar-refractivity contribution in [3.05, 3.63) is 42.6 Å². The van der Waals surface area contributed by atoms with Gasteiger partial charge in [0.25, 0.3) is 0 Å². The molecule has 0 N–H and O–H groups in total. The average molecular weight is 318 g/mol. The van der Waals surface area contributed by atoms with Gasteiger partial charge in [0.05, 0.1) is 36.1 Å². The molecular weight excluding hydrogens is 300 g/mol. The van der Waals surface area contributed by atoms with Gasteiger partial charge in [-0.25, -0.2) is 13.4 Å². The van der Waals surface area contributed by atoms with E-state index in [1.165, 1.54) is 10.6 Å². The zero-order valence-corrected chi connectivity index (χ0v) is 13.2.